The molecule has 26 heavy (non-hydrogen) atoms. The van der Waals surface area contributed by atoms with Crippen LogP contribution in [0.5, 0.6) is 0 Å². The van der Waals surface area contributed by atoms with Gasteiger partial charge in [-0.05, 0) is 36.6 Å². The molecule has 2 heterocycles. The summed E-state index contributed by atoms with van der Waals surface area (Å²) in [6, 6.07) is 10.5. The van der Waals surface area contributed by atoms with Crippen LogP contribution in [-0.4, -0.2) is 32.3 Å². The molecule has 2 aromatic heterocycles. The number of amides is 2. The molecule has 7 nitrogen and oxygen atoms in total. The minimum atomic E-state index is -0.535. The van der Waals surface area contributed by atoms with Crippen LogP contribution < -0.4 is 11.1 Å². The minimum Gasteiger partial charge on any atom is -0.366 e. The van der Waals surface area contributed by atoms with Crippen LogP contribution in [0.15, 0.2) is 46.9 Å². The van der Waals surface area contributed by atoms with Gasteiger partial charge in [0.05, 0.1) is 10.6 Å². The Morgan fingerprint density at radius 1 is 1.27 bits per heavy atom. The molecule has 0 radical (unpaired) electrons. The van der Waals surface area contributed by atoms with Crippen molar-refractivity contribution in [2.24, 2.45) is 5.73 Å². The van der Waals surface area contributed by atoms with Gasteiger partial charge in [-0.15, -0.1) is 21.5 Å². The van der Waals surface area contributed by atoms with Gasteiger partial charge in [-0.1, -0.05) is 23.9 Å². The van der Waals surface area contributed by atoms with Crippen molar-refractivity contribution in [3.05, 3.63) is 47.3 Å². The van der Waals surface area contributed by atoms with Gasteiger partial charge in [0.25, 0.3) is 0 Å². The van der Waals surface area contributed by atoms with E-state index in [1.807, 2.05) is 29.0 Å². The number of nitrogens with two attached hydrogens (primary N) is 1. The van der Waals surface area contributed by atoms with E-state index < -0.39 is 5.91 Å². The second-order valence-corrected chi connectivity index (χ2v) is 7.20. The van der Waals surface area contributed by atoms with E-state index in [0.717, 1.165) is 10.7 Å². The van der Waals surface area contributed by atoms with Crippen molar-refractivity contribution in [3.63, 3.8) is 0 Å². The second kappa shape index (κ2) is 8.15. The molecule has 3 rings (SSSR count). The first-order chi connectivity index (χ1) is 12.6. The molecule has 0 saturated carbocycles. The largest absolute Gasteiger partial charge is 0.366 e. The van der Waals surface area contributed by atoms with Crippen LogP contribution in [0.4, 0.5) is 5.69 Å². The highest BCUT2D eigenvalue weighted by Crippen LogP contribution is 2.27. The monoisotopic (exact) mass is 387 g/mol. The standard InChI is InChI=1S/C17H17N5O2S2/c1-2-22-16(13-7-4-8-25-13)20-21-17(22)26-10-14(23)19-12-6-3-5-11(9-12)15(18)24/h3-9H,2,10H2,1H3,(H2,18,24)(H,19,23). The lowest BCUT2D eigenvalue weighted by Crippen LogP contribution is -2.16. The van der Waals surface area contributed by atoms with E-state index in [9.17, 15) is 9.59 Å². The third kappa shape index (κ3) is 4.12. The highest BCUT2D eigenvalue weighted by Gasteiger charge is 2.15. The summed E-state index contributed by atoms with van der Waals surface area (Å²) >= 11 is 2.92. The van der Waals surface area contributed by atoms with Gasteiger partial charge in [-0.3, -0.25) is 9.59 Å². The Morgan fingerprint density at radius 3 is 2.81 bits per heavy atom. The third-order valence-electron chi connectivity index (χ3n) is 3.54. The van der Waals surface area contributed by atoms with Crippen molar-refractivity contribution in [3.8, 4) is 10.7 Å². The zero-order valence-corrected chi connectivity index (χ0v) is 15.6. The van der Waals surface area contributed by atoms with Crippen LogP contribution in [-0.2, 0) is 11.3 Å². The van der Waals surface area contributed by atoms with E-state index in [1.165, 1.54) is 11.8 Å². The molecule has 0 aliphatic carbocycles. The van der Waals surface area contributed by atoms with Gasteiger partial charge in [0, 0.05) is 17.8 Å². The second-order valence-electron chi connectivity index (χ2n) is 5.31. The fourth-order valence-corrected chi connectivity index (χ4v) is 3.87. The Hall–Kier alpha value is -2.65. The molecule has 0 saturated heterocycles. The van der Waals surface area contributed by atoms with Crippen LogP contribution in [0.1, 0.15) is 17.3 Å². The molecule has 3 N–H and O–H groups in total. The van der Waals surface area contributed by atoms with E-state index in [0.29, 0.717) is 23.0 Å². The number of carbonyl (C=O) groups excluding carboxylic acids is 2. The van der Waals surface area contributed by atoms with Crippen molar-refractivity contribution in [1.82, 2.24) is 14.8 Å². The average Bonchev–Trinajstić information content (AvgIpc) is 3.29. The zero-order chi connectivity index (χ0) is 18.5. The number of thioether (sulfide) groups is 1. The van der Waals surface area contributed by atoms with E-state index in [-0.39, 0.29) is 11.7 Å². The Bertz CT molecular complexity index is 921. The Labute approximate surface area is 158 Å². The maximum Gasteiger partial charge on any atom is 0.248 e. The fourth-order valence-electron chi connectivity index (χ4n) is 2.35. The van der Waals surface area contributed by atoms with Crippen molar-refractivity contribution in [2.75, 3.05) is 11.1 Å². The molecule has 9 heteroatoms. The van der Waals surface area contributed by atoms with E-state index >= 15 is 0 Å². The molecular weight excluding hydrogens is 370 g/mol. The lowest BCUT2D eigenvalue weighted by atomic mass is 10.2. The summed E-state index contributed by atoms with van der Waals surface area (Å²) in [6.45, 7) is 2.73. The number of nitrogens with zero attached hydrogens (tertiary/aromatic N) is 3. The molecule has 3 aromatic rings. The number of aromatic nitrogens is 3. The fraction of sp³-hybridized carbons (Fsp3) is 0.176. The molecule has 0 unspecified atom stereocenters. The van der Waals surface area contributed by atoms with E-state index in [4.69, 9.17) is 5.73 Å². The van der Waals surface area contributed by atoms with Crippen LogP contribution in [0.25, 0.3) is 10.7 Å². The summed E-state index contributed by atoms with van der Waals surface area (Å²) in [5.74, 6) is 0.260. The first kappa shape index (κ1) is 18.2. The van der Waals surface area contributed by atoms with Gasteiger partial charge in [0.15, 0.2) is 11.0 Å². The molecule has 2 amide bonds. The predicted molar refractivity (Wildman–Crippen MR) is 103 cm³/mol. The SMILES string of the molecule is CCn1c(SCC(=O)Nc2cccc(C(N)=O)c2)nnc1-c1cccs1. The summed E-state index contributed by atoms with van der Waals surface area (Å²) in [5, 5.41) is 13.9. The summed E-state index contributed by atoms with van der Waals surface area (Å²) in [4.78, 5) is 24.4. The average molecular weight is 387 g/mol. The third-order valence-corrected chi connectivity index (χ3v) is 5.37. The molecule has 0 aliphatic rings. The van der Waals surface area contributed by atoms with Crippen LogP contribution in [0.2, 0.25) is 0 Å². The van der Waals surface area contributed by atoms with Crippen LogP contribution in [0, 0.1) is 0 Å². The van der Waals surface area contributed by atoms with Gasteiger partial charge in [-0.2, -0.15) is 0 Å². The highest BCUT2D eigenvalue weighted by atomic mass is 32.2. The number of nitrogens with one attached hydrogen (secondary N) is 1. The number of hydrogen-bond acceptors (Lipinski definition) is 6. The van der Waals surface area contributed by atoms with Gasteiger partial charge in [0.1, 0.15) is 0 Å². The maximum absolute atomic E-state index is 12.2. The van der Waals surface area contributed by atoms with Gasteiger partial charge >= 0.3 is 0 Å². The molecular formula is C17H17N5O2S2. The lowest BCUT2D eigenvalue weighted by Gasteiger charge is -2.07. The van der Waals surface area contributed by atoms with Crippen LogP contribution >= 0.6 is 23.1 Å². The number of carbonyl (C=O) groups is 2. The maximum atomic E-state index is 12.2. The normalized spacial score (nSPS) is 10.7. The number of thiophene rings is 1. The molecule has 134 valence electrons. The predicted octanol–water partition coefficient (Wildman–Crippen LogP) is 2.86. The number of primary amides is 1. The Balaban J connectivity index is 1.65. The Kier molecular flexibility index (Phi) is 5.69. The van der Waals surface area contributed by atoms with E-state index in [2.05, 4.69) is 15.5 Å². The summed E-state index contributed by atoms with van der Waals surface area (Å²) < 4.78 is 1.98. The van der Waals surface area contributed by atoms with Gasteiger partial charge < -0.3 is 15.6 Å². The smallest absolute Gasteiger partial charge is 0.248 e. The number of benzene rings is 1. The molecule has 0 spiro atoms. The van der Waals surface area contributed by atoms with Crippen molar-refractivity contribution in [1.29, 1.82) is 0 Å². The molecule has 0 aliphatic heterocycles. The van der Waals surface area contributed by atoms with Crippen LogP contribution in [0.3, 0.4) is 0 Å². The van der Waals surface area contributed by atoms with Gasteiger partial charge in [-0.25, -0.2) is 0 Å². The molecule has 0 fully saturated rings. The first-order valence-electron chi connectivity index (χ1n) is 7.88. The van der Waals surface area contributed by atoms with E-state index in [1.54, 1.807) is 35.6 Å². The lowest BCUT2D eigenvalue weighted by molar-refractivity contribution is -0.113. The van der Waals surface area contributed by atoms with Gasteiger partial charge in [0.2, 0.25) is 11.8 Å². The topological polar surface area (TPSA) is 103 Å². The number of anilines is 1. The first-order valence-corrected chi connectivity index (χ1v) is 9.74. The summed E-state index contributed by atoms with van der Waals surface area (Å²) in [6.07, 6.45) is 0. The number of rotatable bonds is 7. The molecule has 0 atom stereocenters. The van der Waals surface area contributed by atoms with Crippen molar-refractivity contribution >= 4 is 40.6 Å². The van der Waals surface area contributed by atoms with Crippen molar-refractivity contribution in [2.45, 2.75) is 18.6 Å². The number of hydrogen-bond donors (Lipinski definition) is 2. The Morgan fingerprint density at radius 2 is 2.12 bits per heavy atom. The zero-order valence-electron chi connectivity index (χ0n) is 14.0. The molecule has 0 bridgehead atoms. The molecule has 1 aromatic carbocycles. The summed E-state index contributed by atoms with van der Waals surface area (Å²) in [5.41, 5.74) is 6.13. The van der Waals surface area contributed by atoms with Crippen molar-refractivity contribution < 1.29 is 9.59 Å². The highest BCUT2D eigenvalue weighted by molar-refractivity contribution is 7.99. The summed E-state index contributed by atoms with van der Waals surface area (Å²) in [7, 11) is 0. The quantitative estimate of drug-likeness (QED) is 0.607. The minimum absolute atomic E-state index is 0.184.